The predicted molar refractivity (Wildman–Crippen MR) is 161 cm³/mol. The first kappa shape index (κ1) is 27.0. The number of hydrogen-bond acceptors (Lipinski definition) is 4. The van der Waals surface area contributed by atoms with Crippen molar-refractivity contribution in [2.75, 3.05) is 10.6 Å². The van der Waals surface area contributed by atoms with Crippen LogP contribution in [0.25, 0.3) is 0 Å². The summed E-state index contributed by atoms with van der Waals surface area (Å²) < 4.78 is 12.0. The van der Waals surface area contributed by atoms with Crippen molar-refractivity contribution >= 4 is 35.5 Å². The van der Waals surface area contributed by atoms with Crippen molar-refractivity contribution in [1.82, 2.24) is 0 Å². The zero-order valence-corrected chi connectivity index (χ0v) is 21.7. The maximum atomic E-state index is 8.22. The molecule has 6 nitrogen and oxygen atoms in total. The Bertz CT molecular complexity index is 1410. The molecular weight excluding hydrogens is 508 g/mol. The van der Waals surface area contributed by atoms with Crippen molar-refractivity contribution in [2.24, 2.45) is 0 Å². The monoisotopic (exact) mass is 534 g/mol. The molecule has 0 saturated carbocycles. The summed E-state index contributed by atoms with van der Waals surface area (Å²) in [5, 5.41) is 22.6. The number of ether oxygens (including phenoxy) is 2. The highest BCUT2D eigenvalue weighted by Crippen LogP contribution is 2.29. The van der Waals surface area contributed by atoms with Gasteiger partial charge >= 0.3 is 0 Å². The predicted octanol–water partition coefficient (Wildman–Crippen LogP) is 8.57. The summed E-state index contributed by atoms with van der Waals surface area (Å²) in [4.78, 5) is 0. The zero-order chi connectivity index (χ0) is 26.2. The fraction of sp³-hybridized carbons (Fsp3) is 0. The van der Waals surface area contributed by atoms with Crippen LogP contribution < -0.4 is 20.1 Å². The van der Waals surface area contributed by atoms with Crippen molar-refractivity contribution in [3.05, 3.63) is 145 Å². The fourth-order valence-electron chi connectivity index (χ4n) is 3.73. The Labute approximate surface area is 233 Å². The maximum Gasteiger partial charge on any atom is 0.131 e. The SMILES string of the molecule is Cl.N=C(Nc1ccc(Oc2cccc(Oc3ccc(NC(=N)c4ccccc4)cc3)c2)cc1)c1ccccc1. The van der Waals surface area contributed by atoms with E-state index in [4.69, 9.17) is 20.3 Å². The van der Waals surface area contributed by atoms with E-state index in [1.54, 1.807) is 0 Å². The summed E-state index contributed by atoms with van der Waals surface area (Å²) in [6, 6.07) is 41.4. The Kier molecular flexibility index (Phi) is 8.95. The lowest BCUT2D eigenvalue weighted by atomic mass is 10.2. The highest BCUT2D eigenvalue weighted by molar-refractivity contribution is 6.06. The van der Waals surface area contributed by atoms with Crippen LogP contribution in [-0.4, -0.2) is 11.7 Å². The van der Waals surface area contributed by atoms with Gasteiger partial charge in [0.1, 0.15) is 34.7 Å². The summed E-state index contributed by atoms with van der Waals surface area (Å²) in [7, 11) is 0. The molecule has 5 aromatic carbocycles. The molecule has 5 rings (SSSR count). The molecule has 39 heavy (non-hydrogen) atoms. The molecule has 0 aromatic heterocycles. The molecule has 0 aliphatic rings. The number of rotatable bonds is 8. The van der Waals surface area contributed by atoms with Gasteiger partial charge in [0.25, 0.3) is 0 Å². The number of hydrogen-bond donors (Lipinski definition) is 4. The third-order valence-electron chi connectivity index (χ3n) is 5.65. The van der Waals surface area contributed by atoms with Crippen molar-refractivity contribution in [3.63, 3.8) is 0 Å². The quantitative estimate of drug-likeness (QED) is 0.118. The van der Waals surface area contributed by atoms with Crippen LogP contribution >= 0.6 is 12.4 Å². The molecular formula is C32H27ClN4O2. The normalized spacial score (nSPS) is 10.1. The van der Waals surface area contributed by atoms with Crippen LogP contribution in [0.2, 0.25) is 0 Å². The first-order valence-electron chi connectivity index (χ1n) is 12.1. The third-order valence-corrected chi connectivity index (χ3v) is 5.65. The van der Waals surface area contributed by atoms with E-state index in [0.29, 0.717) is 34.7 Å². The lowest BCUT2D eigenvalue weighted by Gasteiger charge is -2.12. The Morgan fingerprint density at radius 3 is 1.21 bits per heavy atom. The van der Waals surface area contributed by atoms with Gasteiger partial charge in [-0.3, -0.25) is 10.8 Å². The summed E-state index contributed by atoms with van der Waals surface area (Å²) in [5.41, 5.74) is 3.25. The molecule has 0 heterocycles. The van der Waals surface area contributed by atoms with Gasteiger partial charge in [-0.2, -0.15) is 0 Å². The molecule has 0 saturated heterocycles. The van der Waals surface area contributed by atoms with Gasteiger partial charge in [0.15, 0.2) is 0 Å². The van der Waals surface area contributed by atoms with Crippen LogP contribution in [0, 0.1) is 10.8 Å². The van der Waals surface area contributed by atoms with Gasteiger partial charge in [0.05, 0.1) is 0 Å². The summed E-state index contributed by atoms with van der Waals surface area (Å²) >= 11 is 0. The molecule has 0 bridgehead atoms. The summed E-state index contributed by atoms with van der Waals surface area (Å²) in [6.07, 6.45) is 0. The molecule has 7 heteroatoms. The number of anilines is 2. The number of nitrogens with one attached hydrogen (secondary N) is 4. The third kappa shape index (κ3) is 7.47. The van der Waals surface area contributed by atoms with Crippen molar-refractivity contribution in [2.45, 2.75) is 0 Å². The minimum Gasteiger partial charge on any atom is -0.457 e. The van der Waals surface area contributed by atoms with Gasteiger partial charge in [-0.05, 0) is 60.7 Å². The van der Waals surface area contributed by atoms with E-state index >= 15 is 0 Å². The Morgan fingerprint density at radius 1 is 0.436 bits per heavy atom. The molecule has 4 N–H and O–H groups in total. The highest BCUT2D eigenvalue weighted by Gasteiger charge is 2.05. The standard InChI is InChI=1S/C32H26N4O2.ClH/c33-31(23-8-3-1-4-9-23)35-25-14-18-27(19-15-25)37-29-12-7-13-30(22-29)38-28-20-16-26(17-21-28)36-32(34)24-10-5-2-6-11-24;/h1-22H,(H2,33,35)(H2,34,36);1H. The van der Waals surface area contributed by atoms with E-state index in [-0.39, 0.29) is 12.4 Å². The second kappa shape index (κ2) is 12.9. The topological polar surface area (TPSA) is 90.2 Å². The Balaban J connectivity index is 0.00000353. The smallest absolute Gasteiger partial charge is 0.131 e. The van der Waals surface area contributed by atoms with Crippen LogP contribution in [-0.2, 0) is 0 Å². The van der Waals surface area contributed by atoms with Crippen LogP contribution in [0.1, 0.15) is 11.1 Å². The molecule has 194 valence electrons. The van der Waals surface area contributed by atoms with Gasteiger partial charge in [-0.1, -0.05) is 66.7 Å². The summed E-state index contributed by atoms with van der Waals surface area (Å²) in [5.74, 6) is 3.32. The highest BCUT2D eigenvalue weighted by atomic mass is 35.5. The van der Waals surface area contributed by atoms with Crippen LogP contribution in [0.5, 0.6) is 23.0 Å². The average molecular weight is 535 g/mol. The average Bonchev–Trinajstić information content (AvgIpc) is 2.96. The van der Waals surface area contributed by atoms with Crippen LogP contribution in [0.4, 0.5) is 11.4 Å². The molecule has 5 aromatic rings. The van der Waals surface area contributed by atoms with E-state index in [2.05, 4.69) is 10.6 Å². The van der Waals surface area contributed by atoms with Gasteiger partial charge in [-0.25, -0.2) is 0 Å². The second-order valence-corrected chi connectivity index (χ2v) is 8.46. The first-order valence-corrected chi connectivity index (χ1v) is 12.1. The lowest BCUT2D eigenvalue weighted by molar-refractivity contribution is 0.460. The Morgan fingerprint density at radius 2 is 0.821 bits per heavy atom. The number of benzene rings is 5. The van der Waals surface area contributed by atoms with Gasteiger partial charge < -0.3 is 20.1 Å². The van der Waals surface area contributed by atoms with E-state index in [1.807, 2.05) is 133 Å². The minimum absolute atomic E-state index is 0. The number of halogens is 1. The van der Waals surface area contributed by atoms with Gasteiger partial charge in [-0.15, -0.1) is 12.4 Å². The van der Waals surface area contributed by atoms with Crippen molar-refractivity contribution < 1.29 is 9.47 Å². The number of amidine groups is 2. The van der Waals surface area contributed by atoms with Crippen LogP contribution in [0.3, 0.4) is 0 Å². The Hall–Kier alpha value is -5.07. The molecule has 0 aliphatic carbocycles. The van der Waals surface area contributed by atoms with Crippen molar-refractivity contribution in [3.8, 4) is 23.0 Å². The van der Waals surface area contributed by atoms with E-state index in [0.717, 1.165) is 22.5 Å². The van der Waals surface area contributed by atoms with Gasteiger partial charge in [0.2, 0.25) is 0 Å². The second-order valence-electron chi connectivity index (χ2n) is 8.46. The van der Waals surface area contributed by atoms with E-state index in [1.165, 1.54) is 0 Å². The summed E-state index contributed by atoms with van der Waals surface area (Å²) in [6.45, 7) is 0. The first-order chi connectivity index (χ1) is 18.6. The zero-order valence-electron chi connectivity index (χ0n) is 20.9. The molecule has 0 spiro atoms. The van der Waals surface area contributed by atoms with E-state index < -0.39 is 0 Å². The maximum absolute atomic E-state index is 8.22. The largest absolute Gasteiger partial charge is 0.457 e. The molecule has 0 amide bonds. The van der Waals surface area contributed by atoms with Gasteiger partial charge in [0, 0.05) is 28.6 Å². The molecule has 0 fully saturated rings. The minimum atomic E-state index is 0. The van der Waals surface area contributed by atoms with E-state index in [9.17, 15) is 0 Å². The molecule has 0 atom stereocenters. The molecule has 0 unspecified atom stereocenters. The molecule has 0 aliphatic heterocycles. The van der Waals surface area contributed by atoms with Crippen molar-refractivity contribution in [1.29, 1.82) is 10.8 Å². The van der Waals surface area contributed by atoms with Crippen LogP contribution in [0.15, 0.2) is 133 Å². The fourth-order valence-corrected chi connectivity index (χ4v) is 3.73. The lowest BCUT2D eigenvalue weighted by Crippen LogP contribution is -2.11. The molecule has 0 radical (unpaired) electrons.